The van der Waals surface area contributed by atoms with E-state index < -0.39 is 0 Å². The Morgan fingerprint density at radius 2 is 2.41 bits per heavy atom. The van der Waals surface area contributed by atoms with Crippen molar-refractivity contribution in [1.29, 1.82) is 0 Å². The van der Waals surface area contributed by atoms with Crippen LogP contribution in [0.3, 0.4) is 0 Å². The number of amides is 1. The average Bonchev–Trinajstić information content (AvgIpc) is 3.16. The third-order valence-electron chi connectivity index (χ3n) is 3.52. The van der Waals surface area contributed by atoms with Crippen LogP contribution in [0.2, 0.25) is 0 Å². The van der Waals surface area contributed by atoms with E-state index in [1.165, 1.54) is 16.9 Å². The van der Waals surface area contributed by atoms with Gasteiger partial charge in [-0.25, -0.2) is 4.98 Å². The summed E-state index contributed by atoms with van der Waals surface area (Å²) in [6.45, 7) is 3.38. The molecular weight excluding hydrogens is 298 g/mol. The molecule has 1 aromatic carbocycles. The van der Waals surface area contributed by atoms with Gasteiger partial charge in [0.1, 0.15) is 5.69 Å². The van der Waals surface area contributed by atoms with Crippen LogP contribution in [0.15, 0.2) is 29.6 Å². The minimum Gasteiger partial charge on any atom is -0.376 e. The zero-order valence-corrected chi connectivity index (χ0v) is 13.3. The van der Waals surface area contributed by atoms with Crippen molar-refractivity contribution in [2.45, 2.75) is 25.9 Å². The van der Waals surface area contributed by atoms with Crippen molar-refractivity contribution in [3.05, 3.63) is 40.9 Å². The molecule has 2 heterocycles. The van der Waals surface area contributed by atoms with Gasteiger partial charge in [0.05, 0.1) is 6.10 Å². The van der Waals surface area contributed by atoms with Crippen molar-refractivity contribution in [3.8, 4) is 0 Å². The van der Waals surface area contributed by atoms with Crippen LogP contribution < -0.4 is 10.6 Å². The highest BCUT2D eigenvalue weighted by molar-refractivity contribution is 7.14. The molecule has 2 N–H and O–H groups in total. The Bertz CT molecular complexity index is 650. The van der Waals surface area contributed by atoms with Gasteiger partial charge in [0, 0.05) is 24.2 Å². The number of ether oxygens (including phenoxy) is 1. The number of hydrogen-bond acceptors (Lipinski definition) is 5. The molecule has 1 aromatic heterocycles. The molecule has 0 bridgehead atoms. The second-order valence-corrected chi connectivity index (χ2v) is 6.24. The number of rotatable bonds is 5. The molecule has 0 unspecified atom stereocenters. The number of nitrogens with zero attached hydrogens (tertiary/aromatic N) is 1. The first kappa shape index (κ1) is 15.0. The van der Waals surface area contributed by atoms with E-state index in [2.05, 4.69) is 15.6 Å². The van der Waals surface area contributed by atoms with Crippen molar-refractivity contribution < 1.29 is 9.53 Å². The van der Waals surface area contributed by atoms with Gasteiger partial charge in [-0.15, -0.1) is 11.3 Å². The van der Waals surface area contributed by atoms with Gasteiger partial charge in [-0.2, -0.15) is 0 Å². The van der Waals surface area contributed by atoms with Crippen LogP contribution in [0.4, 0.5) is 10.8 Å². The number of nitrogens with one attached hydrogen (secondary N) is 2. The lowest BCUT2D eigenvalue weighted by molar-refractivity contribution is 0.0854. The minimum absolute atomic E-state index is 0.146. The molecule has 22 heavy (non-hydrogen) atoms. The highest BCUT2D eigenvalue weighted by atomic mass is 32.1. The normalized spacial score (nSPS) is 17.4. The highest BCUT2D eigenvalue weighted by Crippen LogP contribution is 2.21. The summed E-state index contributed by atoms with van der Waals surface area (Å²) in [6.07, 6.45) is 2.23. The van der Waals surface area contributed by atoms with Crippen LogP contribution in [0.1, 0.15) is 28.9 Å². The average molecular weight is 317 g/mol. The molecular formula is C16H19N3O2S. The number of aryl methyl sites for hydroxylation is 1. The smallest absolute Gasteiger partial charge is 0.270 e. The second-order valence-electron chi connectivity index (χ2n) is 5.38. The number of benzene rings is 1. The molecule has 1 saturated heterocycles. The largest absolute Gasteiger partial charge is 0.376 e. The third-order valence-corrected chi connectivity index (χ3v) is 4.28. The van der Waals surface area contributed by atoms with Crippen molar-refractivity contribution in [1.82, 2.24) is 10.3 Å². The van der Waals surface area contributed by atoms with Crippen LogP contribution in [0, 0.1) is 6.92 Å². The molecule has 0 radical (unpaired) electrons. The van der Waals surface area contributed by atoms with Gasteiger partial charge in [-0.3, -0.25) is 4.79 Å². The third kappa shape index (κ3) is 3.84. The number of carbonyl (C=O) groups excluding carboxylic acids is 1. The molecule has 1 fully saturated rings. The molecule has 6 heteroatoms. The summed E-state index contributed by atoms with van der Waals surface area (Å²) < 4.78 is 5.49. The van der Waals surface area contributed by atoms with E-state index in [1.54, 1.807) is 5.38 Å². The lowest BCUT2D eigenvalue weighted by atomic mass is 10.2. The lowest BCUT2D eigenvalue weighted by Crippen LogP contribution is -2.31. The lowest BCUT2D eigenvalue weighted by Gasteiger charge is -2.09. The fraction of sp³-hybridized carbons (Fsp3) is 0.375. The molecule has 0 spiro atoms. The maximum absolute atomic E-state index is 12.1. The second kappa shape index (κ2) is 6.89. The quantitative estimate of drug-likeness (QED) is 0.889. The van der Waals surface area contributed by atoms with Gasteiger partial charge in [0.2, 0.25) is 0 Å². The zero-order chi connectivity index (χ0) is 15.4. The van der Waals surface area contributed by atoms with Gasteiger partial charge in [0.15, 0.2) is 5.13 Å². The van der Waals surface area contributed by atoms with E-state index >= 15 is 0 Å². The number of hydrogen-bond donors (Lipinski definition) is 2. The summed E-state index contributed by atoms with van der Waals surface area (Å²) in [5.74, 6) is -0.149. The molecule has 0 aliphatic carbocycles. The van der Waals surface area contributed by atoms with Crippen molar-refractivity contribution in [3.63, 3.8) is 0 Å². The molecule has 1 aliphatic heterocycles. The minimum atomic E-state index is -0.149. The molecule has 0 saturated carbocycles. The van der Waals surface area contributed by atoms with E-state index in [0.717, 1.165) is 25.1 Å². The van der Waals surface area contributed by atoms with Crippen LogP contribution in [0.5, 0.6) is 0 Å². The Hall–Kier alpha value is -1.92. The highest BCUT2D eigenvalue weighted by Gasteiger charge is 2.17. The van der Waals surface area contributed by atoms with Crippen LogP contribution >= 0.6 is 11.3 Å². The molecule has 2 aromatic rings. The Morgan fingerprint density at radius 1 is 1.50 bits per heavy atom. The maximum atomic E-state index is 12.1. The zero-order valence-electron chi connectivity index (χ0n) is 12.5. The Balaban J connectivity index is 1.57. The number of aromatic nitrogens is 1. The molecule has 1 atom stereocenters. The summed E-state index contributed by atoms with van der Waals surface area (Å²) >= 11 is 1.42. The maximum Gasteiger partial charge on any atom is 0.270 e. The molecule has 3 rings (SSSR count). The molecule has 5 nitrogen and oxygen atoms in total. The van der Waals surface area contributed by atoms with Gasteiger partial charge >= 0.3 is 0 Å². The van der Waals surface area contributed by atoms with Crippen molar-refractivity contribution in [2.24, 2.45) is 0 Å². The van der Waals surface area contributed by atoms with Crippen molar-refractivity contribution >= 4 is 28.1 Å². The van der Waals surface area contributed by atoms with Crippen LogP contribution in [-0.2, 0) is 4.74 Å². The summed E-state index contributed by atoms with van der Waals surface area (Å²) in [4.78, 5) is 16.4. The first-order valence-electron chi connectivity index (χ1n) is 7.40. The van der Waals surface area contributed by atoms with Crippen LogP contribution in [-0.4, -0.2) is 30.1 Å². The fourth-order valence-corrected chi connectivity index (χ4v) is 3.09. The summed E-state index contributed by atoms with van der Waals surface area (Å²) in [7, 11) is 0. The Labute approximate surface area is 133 Å². The summed E-state index contributed by atoms with van der Waals surface area (Å²) in [5.41, 5.74) is 2.59. The summed E-state index contributed by atoms with van der Waals surface area (Å²) in [6, 6.07) is 8.04. The predicted octanol–water partition coefficient (Wildman–Crippen LogP) is 3.10. The summed E-state index contributed by atoms with van der Waals surface area (Å²) in [5, 5.41) is 8.58. The number of carbonyl (C=O) groups is 1. The fourth-order valence-electron chi connectivity index (χ4n) is 2.38. The van der Waals surface area contributed by atoms with Crippen molar-refractivity contribution in [2.75, 3.05) is 18.5 Å². The SMILES string of the molecule is Cc1cccc(Nc2nc(C(=O)NC[C@H]3CCCO3)cs2)c1. The number of anilines is 2. The topological polar surface area (TPSA) is 63.2 Å². The van der Waals surface area contributed by atoms with E-state index in [9.17, 15) is 4.79 Å². The van der Waals surface area contributed by atoms with E-state index in [-0.39, 0.29) is 12.0 Å². The molecule has 116 valence electrons. The number of thiazole rings is 1. The van der Waals surface area contributed by atoms with Crippen LogP contribution in [0.25, 0.3) is 0 Å². The van der Waals surface area contributed by atoms with E-state index in [4.69, 9.17) is 4.74 Å². The van der Waals surface area contributed by atoms with Gasteiger partial charge in [-0.05, 0) is 37.5 Å². The first-order valence-corrected chi connectivity index (χ1v) is 8.28. The van der Waals surface area contributed by atoms with Gasteiger partial charge in [-0.1, -0.05) is 12.1 Å². The molecule has 1 aliphatic rings. The Morgan fingerprint density at radius 3 is 3.18 bits per heavy atom. The monoisotopic (exact) mass is 317 g/mol. The van der Waals surface area contributed by atoms with Gasteiger partial charge < -0.3 is 15.4 Å². The van der Waals surface area contributed by atoms with E-state index in [1.807, 2.05) is 31.2 Å². The Kier molecular flexibility index (Phi) is 4.70. The standard InChI is InChI=1S/C16H19N3O2S/c1-11-4-2-5-12(8-11)18-16-19-14(10-22-16)15(20)17-9-13-6-3-7-21-13/h2,4-5,8,10,13H,3,6-7,9H2,1H3,(H,17,20)(H,18,19)/t13-/m1/s1. The first-order chi connectivity index (χ1) is 10.7. The molecule has 1 amide bonds. The predicted molar refractivity (Wildman–Crippen MR) is 87.9 cm³/mol. The van der Waals surface area contributed by atoms with E-state index in [0.29, 0.717) is 17.4 Å². The van der Waals surface area contributed by atoms with Gasteiger partial charge in [0.25, 0.3) is 5.91 Å².